The van der Waals surface area contributed by atoms with Crippen LogP contribution in [-0.2, 0) is 10.8 Å². The van der Waals surface area contributed by atoms with Crippen molar-refractivity contribution in [3.05, 3.63) is 114 Å². The van der Waals surface area contributed by atoms with Crippen LogP contribution in [-0.4, -0.2) is 6.98 Å². The van der Waals surface area contributed by atoms with Crippen LogP contribution >= 0.6 is 0 Å². The summed E-state index contributed by atoms with van der Waals surface area (Å²) in [5.41, 5.74) is 16.9. The Balaban J connectivity index is 1.32. The Bertz CT molecular complexity index is 1870. The van der Waals surface area contributed by atoms with Crippen molar-refractivity contribution in [2.45, 2.75) is 52.4 Å². The molecule has 0 aromatic heterocycles. The van der Waals surface area contributed by atoms with Crippen molar-refractivity contribution in [1.29, 1.82) is 0 Å². The van der Waals surface area contributed by atoms with Crippen molar-refractivity contribution in [1.82, 2.24) is 0 Å². The van der Waals surface area contributed by atoms with Crippen LogP contribution in [0.5, 0.6) is 0 Å². The second kappa shape index (κ2) is 8.55. The summed E-state index contributed by atoms with van der Waals surface area (Å²) < 4.78 is 0. The van der Waals surface area contributed by atoms with Crippen molar-refractivity contribution in [2.24, 2.45) is 0 Å². The lowest BCUT2D eigenvalue weighted by Gasteiger charge is -2.42. The van der Waals surface area contributed by atoms with Crippen molar-refractivity contribution in [3.63, 3.8) is 0 Å². The van der Waals surface area contributed by atoms with Crippen molar-refractivity contribution in [2.75, 3.05) is 14.9 Å². The maximum absolute atomic E-state index is 3.69. The standard InChI is InChI=1S/C38H36BN3/c1-37(2,3)24-15-17-26(18-16-24)40-27-19-20-34-35(23-27)42-33-14-10-8-12-29(33)31-22-25(38(4,5)6)21-30-28-11-7-9-13-32(28)41(34)39(42)36(30)31/h7-23,40H,1-6H3. The normalized spacial score (nSPS) is 14.3. The van der Waals surface area contributed by atoms with E-state index >= 15 is 0 Å². The smallest absolute Gasteiger partial charge is 0.359 e. The fourth-order valence-corrected chi connectivity index (χ4v) is 7.01. The van der Waals surface area contributed by atoms with Crippen LogP contribution in [0.25, 0.3) is 22.3 Å². The Labute approximate surface area is 249 Å². The van der Waals surface area contributed by atoms with Crippen molar-refractivity contribution >= 4 is 46.6 Å². The Morgan fingerprint density at radius 3 is 1.57 bits per heavy atom. The van der Waals surface area contributed by atoms with Gasteiger partial charge in [0.25, 0.3) is 0 Å². The van der Waals surface area contributed by atoms with Crippen LogP contribution in [0.3, 0.4) is 0 Å². The Hall–Kier alpha value is -4.44. The fourth-order valence-electron chi connectivity index (χ4n) is 7.01. The van der Waals surface area contributed by atoms with Gasteiger partial charge in [-0.3, -0.25) is 0 Å². The highest BCUT2D eigenvalue weighted by atomic mass is 15.3. The average molecular weight is 546 g/mol. The SMILES string of the molecule is CC(C)(C)c1ccc(Nc2ccc3c(c2)N2B4c5c(cc(C(C)(C)C)cc5-c5ccccc52)-c2ccccc2N43)cc1. The van der Waals surface area contributed by atoms with Gasteiger partial charge in [-0.1, -0.05) is 102 Å². The van der Waals surface area contributed by atoms with Gasteiger partial charge in [-0.05, 0) is 81.0 Å². The van der Waals surface area contributed by atoms with E-state index < -0.39 is 0 Å². The first-order valence-corrected chi connectivity index (χ1v) is 15.1. The van der Waals surface area contributed by atoms with Crippen LogP contribution in [0.4, 0.5) is 34.1 Å². The van der Waals surface area contributed by atoms with E-state index in [9.17, 15) is 0 Å². The molecule has 0 bridgehead atoms. The third-order valence-electron chi connectivity index (χ3n) is 9.23. The molecule has 5 aromatic rings. The molecule has 3 aliphatic rings. The number of rotatable bonds is 2. The number of para-hydroxylation sites is 2. The molecule has 3 heterocycles. The van der Waals surface area contributed by atoms with Crippen molar-refractivity contribution < 1.29 is 0 Å². The summed E-state index contributed by atoms with van der Waals surface area (Å²) in [6.45, 7) is 13.8. The monoisotopic (exact) mass is 545 g/mol. The van der Waals surface area contributed by atoms with Crippen LogP contribution in [0.15, 0.2) is 103 Å². The Morgan fingerprint density at radius 1 is 0.476 bits per heavy atom. The number of benzene rings is 5. The highest BCUT2D eigenvalue weighted by Gasteiger charge is 2.52. The van der Waals surface area contributed by atoms with E-state index in [1.54, 1.807) is 0 Å². The summed E-state index contributed by atoms with van der Waals surface area (Å²) in [4.78, 5) is 5.13. The topological polar surface area (TPSA) is 18.5 Å². The van der Waals surface area contributed by atoms with Gasteiger partial charge in [-0.25, -0.2) is 0 Å². The molecule has 0 aliphatic carbocycles. The maximum Gasteiger partial charge on any atom is 0.422 e. The van der Waals surface area contributed by atoms with E-state index in [1.165, 1.54) is 61.6 Å². The molecule has 0 radical (unpaired) electrons. The molecule has 0 amide bonds. The number of fused-ring (bicyclic) bond motifs is 9. The largest absolute Gasteiger partial charge is 0.422 e. The maximum atomic E-state index is 3.69. The molecule has 0 fully saturated rings. The van der Waals surface area contributed by atoms with E-state index in [2.05, 4.69) is 160 Å². The fraction of sp³-hybridized carbons (Fsp3) is 0.211. The first-order valence-electron chi connectivity index (χ1n) is 15.1. The minimum Gasteiger partial charge on any atom is -0.359 e. The van der Waals surface area contributed by atoms with Gasteiger partial charge in [0, 0.05) is 33.9 Å². The van der Waals surface area contributed by atoms with E-state index in [1.807, 2.05) is 0 Å². The predicted molar refractivity (Wildman–Crippen MR) is 181 cm³/mol. The molecule has 0 saturated heterocycles. The number of nitrogens with one attached hydrogen (secondary N) is 1. The summed E-state index contributed by atoms with van der Waals surface area (Å²) in [5.74, 6) is 0. The zero-order valence-corrected chi connectivity index (χ0v) is 25.3. The quantitative estimate of drug-likeness (QED) is 0.223. The van der Waals surface area contributed by atoms with Gasteiger partial charge in [-0.15, -0.1) is 0 Å². The molecule has 206 valence electrons. The van der Waals surface area contributed by atoms with Crippen LogP contribution in [0.2, 0.25) is 0 Å². The van der Waals surface area contributed by atoms with Gasteiger partial charge in [0.05, 0.1) is 11.4 Å². The van der Waals surface area contributed by atoms with Gasteiger partial charge in [0.2, 0.25) is 0 Å². The first kappa shape index (κ1) is 25.3. The average Bonchev–Trinajstić information content (AvgIpc) is 3.31. The zero-order chi connectivity index (χ0) is 29.0. The third kappa shape index (κ3) is 3.61. The van der Waals surface area contributed by atoms with E-state index in [0.717, 1.165) is 11.4 Å². The molecule has 0 unspecified atom stereocenters. The lowest BCUT2D eigenvalue weighted by molar-refractivity contribution is 0.590. The lowest BCUT2D eigenvalue weighted by Crippen LogP contribution is -2.58. The molecule has 8 rings (SSSR count). The molecule has 0 spiro atoms. The molecule has 42 heavy (non-hydrogen) atoms. The van der Waals surface area contributed by atoms with Gasteiger partial charge in [0.1, 0.15) is 0 Å². The van der Waals surface area contributed by atoms with Gasteiger partial charge in [0.15, 0.2) is 0 Å². The third-order valence-corrected chi connectivity index (χ3v) is 9.23. The molecule has 5 aromatic carbocycles. The molecule has 3 aliphatic heterocycles. The zero-order valence-electron chi connectivity index (χ0n) is 25.3. The molecule has 3 nitrogen and oxygen atoms in total. The molecular formula is C38H36BN3. The number of anilines is 6. The molecular weight excluding hydrogens is 509 g/mol. The predicted octanol–water partition coefficient (Wildman–Crippen LogP) is 9.67. The summed E-state index contributed by atoms with van der Waals surface area (Å²) in [5, 5.41) is 3.69. The number of hydrogen-bond donors (Lipinski definition) is 1. The molecule has 0 atom stereocenters. The summed E-state index contributed by atoms with van der Waals surface area (Å²) in [7, 11) is 0. The second-order valence-electron chi connectivity index (χ2n) is 14.0. The number of hydrogen-bond acceptors (Lipinski definition) is 3. The Kier molecular flexibility index (Phi) is 5.15. The second-order valence-corrected chi connectivity index (χ2v) is 14.0. The van der Waals surface area contributed by atoms with Crippen molar-refractivity contribution in [3.8, 4) is 22.3 Å². The van der Waals surface area contributed by atoms with E-state index in [-0.39, 0.29) is 17.8 Å². The minimum absolute atomic E-state index is 0.0496. The summed E-state index contributed by atoms with van der Waals surface area (Å²) in [6, 6.07) is 38.5. The van der Waals surface area contributed by atoms with E-state index in [4.69, 9.17) is 0 Å². The summed E-state index contributed by atoms with van der Waals surface area (Å²) >= 11 is 0. The van der Waals surface area contributed by atoms with Crippen LogP contribution < -0.4 is 20.4 Å². The first-order chi connectivity index (χ1) is 20.1. The molecule has 1 N–H and O–H groups in total. The molecule has 0 saturated carbocycles. The van der Waals surface area contributed by atoms with E-state index in [0.29, 0.717) is 0 Å². The highest BCUT2D eigenvalue weighted by molar-refractivity contribution is 6.88. The molecule has 4 heteroatoms. The van der Waals surface area contributed by atoms with Crippen LogP contribution in [0.1, 0.15) is 52.7 Å². The Morgan fingerprint density at radius 2 is 1.00 bits per heavy atom. The van der Waals surface area contributed by atoms with Gasteiger partial charge < -0.3 is 14.9 Å². The van der Waals surface area contributed by atoms with Gasteiger partial charge in [-0.2, -0.15) is 0 Å². The minimum atomic E-state index is 0.0496. The number of nitrogens with zero attached hydrogens (tertiary/aromatic N) is 2. The highest BCUT2D eigenvalue weighted by Crippen LogP contribution is 2.56. The lowest BCUT2D eigenvalue weighted by atomic mass is 9.54. The summed E-state index contributed by atoms with van der Waals surface area (Å²) in [6.07, 6.45) is 0. The van der Waals surface area contributed by atoms with Gasteiger partial charge >= 0.3 is 6.98 Å². The van der Waals surface area contributed by atoms with Crippen LogP contribution in [0, 0.1) is 0 Å².